The molecule has 0 radical (unpaired) electrons. The highest BCUT2D eigenvalue weighted by atomic mass is 32.1. The normalized spacial score (nSPS) is 20.7. The van der Waals surface area contributed by atoms with Crippen LogP contribution in [0, 0.1) is 6.92 Å². The van der Waals surface area contributed by atoms with Crippen LogP contribution in [0.5, 0.6) is 0 Å². The number of carboxylic acid groups (broad SMARTS) is 1. The predicted molar refractivity (Wildman–Crippen MR) is 86.5 cm³/mol. The zero-order valence-electron chi connectivity index (χ0n) is 12.6. The Balaban J connectivity index is 1.86. The molecular formula is C17H16FNO3S. The molecule has 1 N–H and O–H groups in total. The van der Waals surface area contributed by atoms with Crippen molar-refractivity contribution in [1.29, 1.82) is 0 Å². The van der Waals surface area contributed by atoms with E-state index < -0.39 is 18.2 Å². The fourth-order valence-electron chi connectivity index (χ4n) is 2.70. The number of carbonyl (C=O) groups is 2. The van der Waals surface area contributed by atoms with Crippen LogP contribution >= 0.6 is 11.3 Å². The number of alkyl halides is 1. The molecule has 1 unspecified atom stereocenters. The molecule has 0 aliphatic carbocycles. The zero-order valence-corrected chi connectivity index (χ0v) is 13.4. The van der Waals surface area contributed by atoms with E-state index in [4.69, 9.17) is 5.11 Å². The monoisotopic (exact) mass is 333 g/mol. The second kappa shape index (κ2) is 5.77. The lowest BCUT2D eigenvalue weighted by molar-refractivity contribution is -0.149. The number of halogens is 1. The summed E-state index contributed by atoms with van der Waals surface area (Å²) in [5.74, 6) is -1.81. The number of nitrogens with zero attached hydrogens (tertiary/aromatic N) is 1. The lowest BCUT2D eigenvalue weighted by atomic mass is 10.0. The van der Waals surface area contributed by atoms with Crippen molar-refractivity contribution in [2.45, 2.75) is 19.0 Å². The highest BCUT2D eigenvalue weighted by Gasteiger charge is 2.47. The number of benzene rings is 1. The molecule has 0 saturated carbocycles. The number of likely N-dealkylation sites (tertiary alicyclic amines) is 1. The van der Waals surface area contributed by atoms with Crippen LogP contribution in [0.3, 0.4) is 0 Å². The molecule has 0 bridgehead atoms. The Hall–Kier alpha value is -2.21. The number of thiophene rings is 1. The first kappa shape index (κ1) is 15.7. The summed E-state index contributed by atoms with van der Waals surface area (Å²) in [5.41, 5.74) is 0.507. The molecule has 1 aliphatic rings. The summed E-state index contributed by atoms with van der Waals surface area (Å²) in [7, 11) is 0. The van der Waals surface area contributed by atoms with Crippen LogP contribution in [0.25, 0.3) is 11.1 Å². The van der Waals surface area contributed by atoms with E-state index in [1.807, 2.05) is 42.6 Å². The maximum absolute atomic E-state index is 14.2. The molecule has 2 aromatic rings. The molecule has 6 heteroatoms. The molecule has 1 saturated heterocycles. The van der Waals surface area contributed by atoms with Crippen molar-refractivity contribution in [3.63, 3.8) is 0 Å². The first-order chi connectivity index (χ1) is 10.9. The maximum atomic E-state index is 14.2. The van der Waals surface area contributed by atoms with Gasteiger partial charge in [-0.05, 0) is 23.9 Å². The third-order valence-corrected chi connectivity index (χ3v) is 5.01. The van der Waals surface area contributed by atoms with E-state index in [1.54, 1.807) is 0 Å². The van der Waals surface area contributed by atoms with Gasteiger partial charge in [-0.15, -0.1) is 11.3 Å². The van der Waals surface area contributed by atoms with Gasteiger partial charge >= 0.3 is 5.97 Å². The molecule has 1 aliphatic heterocycles. The summed E-state index contributed by atoms with van der Waals surface area (Å²) >= 11 is 1.29. The number of amides is 1. The molecule has 3 rings (SSSR count). The van der Waals surface area contributed by atoms with E-state index >= 15 is 0 Å². The lowest BCUT2D eigenvalue weighted by Gasteiger charge is -2.18. The smallest absolute Gasteiger partial charge is 0.343 e. The molecule has 1 aromatic heterocycles. The van der Waals surface area contributed by atoms with E-state index in [0.717, 1.165) is 16.7 Å². The van der Waals surface area contributed by atoms with Gasteiger partial charge in [0, 0.05) is 18.5 Å². The fourth-order valence-corrected chi connectivity index (χ4v) is 3.58. The van der Waals surface area contributed by atoms with Gasteiger partial charge in [-0.3, -0.25) is 4.79 Å². The topological polar surface area (TPSA) is 57.6 Å². The number of aliphatic carboxylic acids is 1. The van der Waals surface area contributed by atoms with Crippen LogP contribution in [0.2, 0.25) is 0 Å². The number of hydrogen-bond donors (Lipinski definition) is 1. The fraction of sp³-hybridized carbons (Fsp3) is 0.294. The van der Waals surface area contributed by atoms with Gasteiger partial charge in [0.2, 0.25) is 5.67 Å². The number of carbonyl (C=O) groups excluding carboxylic acids is 1. The zero-order chi connectivity index (χ0) is 16.6. The molecule has 1 atom stereocenters. The number of aryl methyl sites for hydroxylation is 1. The first-order valence-electron chi connectivity index (χ1n) is 7.27. The van der Waals surface area contributed by atoms with Gasteiger partial charge in [0.1, 0.15) is 0 Å². The van der Waals surface area contributed by atoms with Gasteiger partial charge in [-0.1, -0.05) is 29.8 Å². The van der Waals surface area contributed by atoms with E-state index in [9.17, 15) is 14.0 Å². The minimum atomic E-state index is -2.34. The largest absolute Gasteiger partial charge is 0.479 e. The Bertz CT molecular complexity index is 755. The van der Waals surface area contributed by atoms with Gasteiger partial charge < -0.3 is 10.0 Å². The quantitative estimate of drug-likeness (QED) is 0.937. The second-order valence-corrected chi connectivity index (χ2v) is 6.69. The third-order valence-electron chi connectivity index (χ3n) is 4.11. The average Bonchev–Trinajstić information content (AvgIpc) is 3.15. The molecule has 0 spiro atoms. The summed E-state index contributed by atoms with van der Waals surface area (Å²) in [6.07, 6.45) is -0.167. The Labute approximate surface area is 137 Å². The van der Waals surface area contributed by atoms with Gasteiger partial charge in [-0.2, -0.15) is 0 Å². The Morgan fingerprint density at radius 3 is 2.57 bits per heavy atom. The highest BCUT2D eigenvalue weighted by molar-refractivity contribution is 7.12. The summed E-state index contributed by atoms with van der Waals surface area (Å²) in [6, 6.07) is 9.67. The van der Waals surface area contributed by atoms with Crippen molar-refractivity contribution in [2.75, 3.05) is 13.1 Å². The highest BCUT2D eigenvalue weighted by Crippen LogP contribution is 2.33. The van der Waals surface area contributed by atoms with Gasteiger partial charge in [-0.25, -0.2) is 9.18 Å². The van der Waals surface area contributed by atoms with E-state index in [2.05, 4.69) is 0 Å². The third kappa shape index (κ3) is 2.86. The molecule has 23 heavy (non-hydrogen) atoms. The SMILES string of the molecule is Cc1ccc(-c2ccsc2C(=O)N2CCC(F)(C(=O)O)C2)cc1. The van der Waals surface area contributed by atoms with Crippen molar-refractivity contribution < 1.29 is 19.1 Å². The van der Waals surface area contributed by atoms with Crippen molar-refractivity contribution in [1.82, 2.24) is 4.90 Å². The summed E-state index contributed by atoms with van der Waals surface area (Å²) in [5, 5.41) is 10.8. The van der Waals surface area contributed by atoms with Crippen LogP contribution in [-0.4, -0.2) is 40.6 Å². The predicted octanol–water partition coefficient (Wildman–Crippen LogP) is 3.36. The van der Waals surface area contributed by atoms with Crippen molar-refractivity contribution in [3.8, 4) is 11.1 Å². The second-order valence-electron chi connectivity index (χ2n) is 5.78. The molecule has 1 fully saturated rings. The molecule has 120 valence electrons. The van der Waals surface area contributed by atoms with Crippen molar-refractivity contribution in [3.05, 3.63) is 46.2 Å². The summed E-state index contributed by atoms with van der Waals surface area (Å²) in [4.78, 5) is 25.5. The molecule has 1 amide bonds. The average molecular weight is 333 g/mol. The first-order valence-corrected chi connectivity index (χ1v) is 8.15. The molecule has 4 nitrogen and oxygen atoms in total. The van der Waals surface area contributed by atoms with Crippen molar-refractivity contribution >= 4 is 23.2 Å². The standard InChI is InChI=1S/C17H16FNO3S/c1-11-2-4-12(5-3-11)13-6-9-23-14(13)15(20)19-8-7-17(18,10-19)16(21)22/h2-6,9H,7-8,10H2,1H3,(H,21,22). The minimum Gasteiger partial charge on any atom is -0.479 e. The van der Waals surface area contributed by atoms with Crippen molar-refractivity contribution in [2.24, 2.45) is 0 Å². The Morgan fingerprint density at radius 1 is 1.26 bits per heavy atom. The summed E-state index contributed by atoms with van der Waals surface area (Å²) in [6.45, 7) is 1.71. The molecule has 1 aromatic carbocycles. The van der Waals surface area contributed by atoms with Crippen LogP contribution in [0.1, 0.15) is 21.7 Å². The summed E-state index contributed by atoms with van der Waals surface area (Å²) < 4.78 is 14.2. The van der Waals surface area contributed by atoms with Gasteiger partial charge in [0.25, 0.3) is 5.91 Å². The lowest BCUT2D eigenvalue weighted by Crippen LogP contribution is -2.38. The van der Waals surface area contributed by atoms with Crippen LogP contribution in [0.4, 0.5) is 4.39 Å². The maximum Gasteiger partial charge on any atom is 0.343 e. The Morgan fingerprint density at radius 2 is 1.96 bits per heavy atom. The number of hydrogen-bond acceptors (Lipinski definition) is 3. The van der Waals surface area contributed by atoms with E-state index in [0.29, 0.717) is 4.88 Å². The van der Waals surface area contributed by atoms with Gasteiger partial charge in [0.05, 0.1) is 11.4 Å². The Kier molecular flexibility index (Phi) is 3.93. The molecule has 2 heterocycles. The van der Waals surface area contributed by atoms with Crippen LogP contribution in [0.15, 0.2) is 35.7 Å². The van der Waals surface area contributed by atoms with Crippen LogP contribution in [-0.2, 0) is 4.79 Å². The van der Waals surface area contributed by atoms with Gasteiger partial charge in [0.15, 0.2) is 0 Å². The van der Waals surface area contributed by atoms with Crippen LogP contribution < -0.4 is 0 Å². The molecular weight excluding hydrogens is 317 g/mol. The number of rotatable bonds is 3. The van der Waals surface area contributed by atoms with E-state index in [1.165, 1.54) is 16.2 Å². The van der Waals surface area contributed by atoms with E-state index in [-0.39, 0.29) is 18.9 Å². The minimum absolute atomic E-state index is 0.118. The number of carboxylic acids is 1.